The zero-order valence-electron chi connectivity index (χ0n) is 11.9. The molecule has 0 atom stereocenters. The van der Waals surface area contributed by atoms with Crippen LogP contribution < -0.4 is 10.6 Å². The molecule has 110 valence electrons. The molecule has 1 heterocycles. The Labute approximate surface area is 123 Å². The molecular weight excluding hydrogens is 269 g/mol. The summed E-state index contributed by atoms with van der Waals surface area (Å²) in [6.07, 6.45) is 2.00. The largest absolute Gasteiger partial charge is 0.369 e. The zero-order chi connectivity index (χ0) is 15.1. The summed E-state index contributed by atoms with van der Waals surface area (Å²) >= 11 is 0. The Kier molecular flexibility index (Phi) is 5.26. The molecule has 0 bridgehead atoms. The molecule has 0 unspecified atom stereocenters. The minimum Gasteiger partial charge on any atom is -0.369 e. The monoisotopic (exact) mass is 287 g/mol. The van der Waals surface area contributed by atoms with Gasteiger partial charge in [-0.3, -0.25) is 4.79 Å². The SMILES string of the molecule is CCCNc1ncc(F)cc1C(=O)NCc1ccccc1. The van der Waals surface area contributed by atoms with Crippen LogP contribution in [-0.2, 0) is 6.54 Å². The van der Waals surface area contributed by atoms with Gasteiger partial charge >= 0.3 is 0 Å². The van der Waals surface area contributed by atoms with Crippen molar-refractivity contribution in [2.45, 2.75) is 19.9 Å². The van der Waals surface area contributed by atoms with Crippen LogP contribution >= 0.6 is 0 Å². The van der Waals surface area contributed by atoms with E-state index in [4.69, 9.17) is 0 Å². The van der Waals surface area contributed by atoms with E-state index < -0.39 is 5.82 Å². The molecule has 2 N–H and O–H groups in total. The maximum absolute atomic E-state index is 13.3. The quantitative estimate of drug-likeness (QED) is 0.859. The molecule has 4 nitrogen and oxygen atoms in total. The Morgan fingerprint density at radius 3 is 2.76 bits per heavy atom. The number of benzene rings is 1. The predicted molar refractivity (Wildman–Crippen MR) is 80.6 cm³/mol. The van der Waals surface area contributed by atoms with Gasteiger partial charge in [-0.25, -0.2) is 9.37 Å². The lowest BCUT2D eigenvalue weighted by Gasteiger charge is -2.11. The molecule has 0 saturated carbocycles. The van der Waals surface area contributed by atoms with Crippen LogP contribution in [0, 0.1) is 5.82 Å². The number of anilines is 1. The van der Waals surface area contributed by atoms with Gasteiger partial charge in [0.25, 0.3) is 5.91 Å². The van der Waals surface area contributed by atoms with Gasteiger partial charge in [-0.2, -0.15) is 0 Å². The van der Waals surface area contributed by atoms with Crippen LogP contribution in [0.2, 0.25) is 0 Å². The molecular formula is C16H18FN3O. The van der Waals surface area contributed by atoms with Gasteiger partial charge in [-0.15, -0.1) is 0 Å². The summed E-state index contributed by atoms with van der Waals surface area (Å²) < 4.78 is 13.3. The highest BCUT2D eigenvalue weighted by atomic mass is 19.1. The van der Waals surface area contributed by atoms with E-state index in [1.165, 1.54) is 6.07 Å². The molecule has 2 rings (SSSR count). The lowest BCUT2D eigenvalue weighted by atomic mass is 10.2. The zero-order valence-corrected chi connectivity index (χ0v) is 11.9. The molecule has 0 aliphatic heterocycles. The standard InChI is InChI=1S/C16H18FN3O/c1-2-8-18-15-14(9-13(17)11-19-15)16(21)20-10-12-6-4-3-5-7-12/h3-7,9,11H,2,8,10H2,1H3,(H,18,19)(H,20,21). The number of pyridine rings is 1. The topological polar surface area (TPSA) is 54.0 Å². The first-order valence-corrected chi connectivity index (χ1v) is 6.92. The summed E-state index contributed by atoms with van der Waals surface area (Å²) in [6, 6.07) is 10.7. The van der Waals surface area contributed by atoms with Crippen molar-refractivity contribution in [3.05, 3.63) is 59.5 Å². The molecule has 0 saturated heterocycles. The van der Waals surface area contributed by atoms with E-state index in [2.05, 4.69) is 15.6 Å². The maximum Gasteiger partial charge on any atom is 0.255 e. The normalized spacial score (nSPS) is 10.2. The second-order valence-corrected chi connectivity index (χ2v) is 4.64. The molecule has 0 radical (unpaired) electrons. The second-order valence-electron chi connectivity index (χ2n) is 4.64. The van der Waals surface area contributed by atoms with Gasteiger partial charge in [0, 0.05) is 13.1 Å². The molecule has 0 fully saturated rings. The lowest BCUT2D eigenvalue weighted by molar-refractivity contribution is 0.0951. The van der Waals surface area contributed by atoms with E-state index in [9.17, 15) is 9.18 Å². The molecule has 5 heteroatoms. The highest BCUT2D eigenvalue weighted by Crippen LogP contribution is 2.14. The Bertz CT molecular complexity index is 602. The summed E-state index contributed by atoms with van der Waals surface area (Å²) in [4.78, 5) is 16.1. The molecule has 1 amide bonds. The van der Waals surface area contributed by atoms with Crippen molar-refractivity contribution in [2.24, 2.45) is 0 Å². The van der Waals surface area contributed by atoms with Gasteiger partial charge in [-0.1, -0.05) is 37.3 Å². The number of nitrogens with one attached hydrogen (secondary N) is 2. The average molecular weight is 287 g/mol. The number of halogens is 1. The summed E-state index contributed by atoms with van der Waals surface area (Å²) in [5, 5.41) is 5.80. The fourth-order valence-corrected chi connectivity index (χ4v) is 1.87. The van der Waals surface area contributed by atoms with Crippen LogP contribution in [0.4, 0.5) is 10.2 Å². The summed E-state index contributed by atoms with van der Waals surface area (Å²) in [5.74, 6) is -0.463. The highest BCUT2D eigenvalue weighted by Gasteiger charge is 2.13. The number of aromatic nitrogens is 1. The Morgan fingerprint density at radius 1 is 1.29 bits per heavy atom. The molecule has 2 aromatic rings. The molecule has 0 aliphatic carbocycles. The van der Waals surface area contributed by atoms with Crippen molar-refractivity contribution in [1.29, 1.82) is 0 Å². The number of carbonyl (C=O) groups excluding carboxylic acids is 1. The van der Waals surface area contributed by atoms with E-state index in [1.54, 1.807) is 0 Å². The Morgan fingerprint density at radius 2 is 2.05 bits per heavy atom. The number of nitrogens with zero attached hydrogens (tertiary/aromatic N) is 1. The van der Waals surface area contributed by atoms with Crippen molar-refractivity contribution in [3.63, 3.8) is 0 Å². The average Bonchev–Trinajstić information content (AvgIpc) is 2.52. The molecule has 21 heavy (non-hydrogen) atoms. The van der Waals surface area contributed by atoms with E-state index >= 15 is 0 Å². The van der Waals surface area contributed by atoms with Crippen LogP contribution in [0.5, 0.6) is 0 Å². The number of rotatable bonds is 6. The third-order valence-electron chi connectivity index (χ3n) is 2.94. The van der Waals surface area contributed by atoms with Crippen molar-refractivity contribution in [2.75, 3.05) is 11.9 Å². The summed E-state index contributed by atoms with van der Waals surface area (Å²) in [5.41, 5.74) is 1.21. The van der Waals surface area contributed by atoms with E-state index in [1.807, 2.05) is 37.3 Å². The van der Waals surface area contributed by atoms with Crippen LogP contribution in [0.1, 0.15) is 29.3 Å². The van der Waals surface area contributed by atoms with Gasteiger partial charge in [0.05, 0.1) is 11.8 Å². The second kappa shape index (κ2) is 7.38. The van der Waals surface area contributed by atoms with E-state index in [0.717, 1.165) is 18.2 Å². The van der Waals surface area contributed by atoms with Crippen LogP contribution in [0.25, 0.3) is 0 Å². The van der Waals surface area contributed by atoms with Crippen molar-refractivity contribution in [3.8, 4) is 0 Å². The third kappa shape index (κ3) is 4.27. The minimum atomic E-state index is -0.526. The first-order chi connectivity index (χ1) is 10.2. The van der Waals surface area contributed by atoms with Gasteiger partial charge in [0.15, 0.2) is 0 Å². The summed E-state index contributed by atoms with van der Waals surface area (Å²) in [6.45, 7) is 3.08. The van der Waals surface area contributed by atoms with E-state index in [0.29, 0.717) is 18.9 Å². The number of hydrogen-bond acceptors (Lipinski definition) is 3. The van der Waals surface area contributed by atoms with Gasteiger partial charge in [0.1, 0.15) is 11.6 Å². The number of carbonyl (C=O) groups is 1. The maximum atomic E-state index is 13.3. The Hall–Kier alpha value is -2.43. The molecule has 0 aliphatic rings. The van der Waals surface area contributed by atoms with Crippen LogP contribution in [-0.4, -0.2) is 17.4 Å². The lowest BCUT2D eigenvalue weighted by Crippen LogP contribution is -2.24. The summed E-state index contributed by atoms with van der Waals surface area (Å²) in [7, 11) is 0. The molecule has 1 aromatic carbocycles. The van der Waals surface area contributed by atoms with Gasteiger partial charge < -0.3 is 10.6 Å². The first kappa shape index (κ1) is 15.0. The van der Waals surface area contributed by atoms with Crippen molar-refractivity contribution in [1.82, 2.24) is 10.3 Å². The third-order valence-corrected chi connectivity index (χ3v) is 2.94. The van der Waals surface area contributed by atoms with Crippen molar-refractivity contribution < 1.29 is 9.18 Å². The number of amides is 1. The van der Waals surface area contributed by atoms with E-state index in [-0.39, 0.29) is 11.5 Å². The first-order valence-electron chi connectivity index (χ1n) is 6.92. The molecule has 1 aromatic heterocycles. The predicted octanol–water partition coefficient (Wildman–Crippen LogP) is 2.97. The van der Waals surface area contributed by atoms with Gasteiger partial charge in [-0.05, 0) is 18.1 Å². The smallest absolute Gasteiger partial charge is 0.255 e. The molecule has 0 spiro atoms. The van der Waals surface area contributed by atoms with Crippen LogP contribution in [0.15, 0.2) is 42.6 Å². The van der Waals surface area contributed by atoms with Gasteiger partial charge in [0.2, 0.25) is 0 Å². The minimum absolute atomic E-state index is 0.222. The fraction of sp³-hybridized carbons (Fsp3) is 0.250. The Balaban J connectivity index is 2.08. The fourth-order valence-electron chi connectivity index (χ4n) is 1.87. The van der Waals surface area contributed by atoms with Crippen molar-refractivity contribution >= 4 is 11.7 Å². The van der Waals surface area contributed by atoms with Crippen LogP contribution in [0.3, 0.4) is 0 Å². The number of hydrogen-bond donors (Lipinski definition) is 2. The highest BCUT2D eigenvalue weighted by molar-refractivity contribution is 5.98.